The standard InChI is InChI=1S/C42H65NO11/c1-9-30-19-24(2)18-25(3)20-35(51-7)38-36(52-8)22-27(5)42(50,54-38)39(47)40(48)43-17-11-10-12-32(43)41(49)53-37(28(6)33(45)23-34(30)46)26(4)21-29-13-15-31(44)16-14-29/h18-19,21,25,27-29,31-33,35-38,44-45,50H,9-17,20,22-23H2,1-8H3/b24-18-,26-21+,30-19+/t25-,27+,28+,29-,31-,32-,33-,35-,36-,37+,38+,42+/m0/s1. The fourth-order valence-corrected chi connectivity index (χ4v) is 8.78. The molecule has 4 rings (SSSR count). The Morgan fingerprint density at radius 2 is 1.63 bits per heavy atom. The largest absolute Gasteiger partial charge is 0.456 e. The van der Waals surface area contributed by atoms with Crippen molar-refractivity contribution in [2.24, 2.45) is 23.7 Å². The van der Waals surface area contributed by atoms with Crippen molar-refractivity contribution >= 4 is 23.4 Å². The highest BCUT2D eigenvalue weighted by molar-refractivity contribution is 6.39. The Kier molecular flexibility index (Phi) is 15.8. The molecule has 4 aliphatic rings. The predicted octanol–water partition coefficient (Wildman–Crippen LogP) is 4.77. The lowest BCUT2D eigenvalue weighted by Crippen LogP contribution is -2.64. The Labute approximate surface area is 321 Å². The van der Waals surface area contributed by atoms with E-state index in [1.807, 2.05) is 45.9 Å². The molecular weight excluding hydrogens is 694 g/mol. The smallest absolute Gasteiger partial charge is 0.329 e. The molecular formula is C42H65NO11. The van der Waals surface area contributed by atoms with Gasteiger partial charge in [0.2, 0.25) is 5.79 Å². The Balaban J connectivity index is 1.78. The van der Waals surface area contributed by atoms with E-state index in [9.17, 15) is 34.5 Å². The zero-order chi connectivity index (χ0) is 39.9. The molecule has 1 amide bonds. The minimum absolute atomic E-state index is 0.0924. The number of amides is 1. The molecule has 2 bridgehead atoms. The van der Waals surface area contributed by atoms with Crippen LogP contribution in [0.4, 0.5) is 0 Å². The summed E-state index contributed by atoms with van der Waals surface area (Å²) in [5.41, 5.74) is 2.10. The van der Waals surface area contributed by atoms with Gasteiger partial charge in [-0.05, 0) is 101 Å². The van der Waals surface area contributed by atoms with Gasteiger partial charge in [-0.1, -0.05) is 51.5 Å². The normalized spacial score (nSPS) is 40.8. The Morgan fingerprint density at radius 1 is 0.981 bits per heavy atom. The molecule has 3 fully saturated rings. The number of ketones is 2. The van der Waals surface area contributed by atoms with Crippen LogP contribution >= 0.6 is 0 Å². The van der Waals surface area contributed by atoms with E-state index in [4.69, 9.17) is 18.9 Å². The van der Waals surface area contributed by atoms with Crippen LogP contribution in [-0.4, -0.2) is 113 Å². The molecule has 1 aliphatic carbocycles. The van der Waals surface area contributed by atoms with Gasteiger partial charge in [0, 0.05) is 39.0 Å². The topological polar surface area (TPSA) is 169 Å². The summed E-state index contributed by atoms with van der Waals surface area (Å²) in [4.78, 5) is 57.4. The van der Waals surface area contributed by atoms with Gasteiger partial charge in [0.15, 0.2) is 5.78 Å². The number of rotatable bonds is 5. The Morgan fingerprint density at radius 3 is 2.26 bits per heavy atom. The van der Waals surface area contributed by atoms with E-state index < -0.39 is 71.8 Å². The lowest BCUT2D eigenvalue weighted by molar-refractivity contribution is -0.302. The van der Waals surface area contributed by atoms with Crippen LogP contribution in [0.5, 0.6) is 0 Å². The Hall–Kier alpha value is -2.74. The number of carbonyl (C=O) groups is 4. The van der Waals surface area contributed by atoms with Crippen molar-refractivity contribution in [3.63, 3.8) is 0 Å². The van der Waals surface area contributed by atoms with E-state index in [0.29, 0.717) is 49.7 Å². The van der Waals surface area contributed by atoms with Gasteiger partial charge in [-0.25, -0.2) is 4.79 Å². The number of hydrogen-bond donors (Lipinski definition) is 3. The van der Waals surface area contributed by atoms with Gasteiger partial charge < -0.3 is 39.2 Å². The van der Waals surface area contributed by atoms with Crippen LogP contribution in [-0.2, 0) is 38.1 Å². The van der Waals surface area contributed by atoms with Gasteiger partial charge in [0.25, 0.3) is 11.7 Å². The van der Waals surface area contributed by atoms with Crippen LogP contribution in [0.15, 0.2) is 34.9 Å². The highest BCUT2D eigenvalue weighted by Gasteiger charge is 2.56. The molecule has 304 valence electrons. The molecule has 1 saturated carbocycles. The second-order valence-electron chi connectivity index (χ2n) is 16.3. The van der Waals surface area contributed by atoms with E-state index in [1.54, 1.807) is 13.8 Å². The number of aliphatic hydroxyl groups is 3. The maximum atomic E-state index is 14.2. The van der Waals surface area contributed by atoms with Crippen molar-refractivity contribution in [1.29, 1.82) is 0 Å². The van der Waals surface area contributed by atoms with Gasteiger partial charge in [0.1, 0.15) is 18.2 Å². The second-order valence-corrected chi connectivity index (χ2v) is 16.3. The summed E-state index contributed by atoms with van der Waals surface area (Å²) >= 11 is 0. The van der Waals surface area contributed by atoms with Crippen LogP contribution < -0.4 is 0 Å². The molecule has 12 heteroatoms. The summed E-state index contributed by atoms with van der Waals surface area (Å²) in [7, 11) is 3.04. The van der Waals surface area contributed by atoms with E-state index in [1.165, 1.54) is 19.1 Å². The first-order valence-electron chi connectivity index (χ1n) is 20.0. The minimum atomic E-state index is -2.50. The number of carbonyl (C=O) groups excluding carboxylic acids is 4. The van der Waals surface area contributed by atoms with Crippen molar-refractivity contribution in [3.05, 3.63) is 34.9 Å². The summed E-state index contributed by atoms with van der Waals surface area (Å²) in [6, 6.07) is -1.11. The first kappa shape index (κ1) is 44.0. The third kappa shape index (κ3) is 10.4. The average molecular weight is 760 g/mol. The van der Waals surface area contributed by atoms with E-state index in [2.05, 4.69) is 0 Å². The van der Waals surface area contributed by atoms with Gasteiger partial charge in [-0.2, -0.15) is 0 Å². The average Bonchev–Trinajstić information content (AvgIpc) is 3.15. The van der Waals surface area contributed by atoms with Crippen LogP contribution in [0.2, 0.25) is 0 Å². The van der Waals surface area contributed by atoms with Gasteiger partial charge >= 0.3 is 5.97 Å². The lowest BCUT2D eigenvalue weighted by Gasteiger charge is -2.47. The van der Waals surface area contributed by atoms with Gasteiger partial charge in [0.05, 0.1) is 24.4 Å². The molecule has 3 N–H and O–H groups in total. The number of nitrogens with zero attached hydrogens (tertiary/aromatic N) is 1. The highest BCUT2D eigenvalue weighted by Crippen LogP contribution is 2.39. The number of cyclic esters (lactones) is 1. The molecule has 3 heterocycles. The van der Waals surface area contributed by atoms with Gasteiger partial charge in [-0.3, -0.25) is 14.4 Å². The summed E-state index contributed by atoms with van der Waals surface area (Å²) in [5, 5.41) is 33.6. The van der Waals surface area contributed by atoms with Crippen molar-refractivity contribution in [2.75, 3.05) is 20.8 Å². The summed E-state index contributed by atoms with van der Waals surface area (Å²) in [5.74, 6) is -7.10. The summed E-state index contributed by atoms with van der Waals surface area (Å²) < 4.78 is 24.1. The number of piperidine rings is 1. The number of esters is 1. The zero-order valence-electron chi connectivity index (χ0n) is 33.6. The van der Waals surface area contributed by atoms with Crippen molar-refractivity contribution in [2.45, 2.75) is 161 Å². The third-order valence-corrected chi connectivity index (χ3v) is 12.2. The highest BCUT2D eigenvalue weighted by atomic mass is 16.7. The van der Waals surface area contributed by atoms with E-state index in [-0.39, 0.29) is 49.5 Å². The number of aliphatic hydroxyl groups excluding tert-OH is 2. The Bertz CT molecular complexity index is 1430. The van der Waals surface area contributed by atoms with E-state index >= 15 is 0 Å². The van der Waals surface area contributed by atoms with Crippen LogP contribution in [0.1, 0.15) is 112 Å². The monoisotopic (exact) mass is 759 g/mol. The zero-order valence-corrected chi connectivity index (χ0v) is 33.6. The molecule has 0 spiro atoms. The fraction of sp³-hybridized carbons (Fsp3) is 0.762. The number of allylic oxidation sites excluding steroid dienone is 5. The summed E-state index contributed by atoms with van der Waals surface area (Å²) in [6.07, 6.45) is 6.49. The maximum Gasteiger partial charge on any atom is 0.329 e. The molecule has 10 atom stereocenters. The molecule has 54 heavy (non-hydrogen) atoms. The van der Waals surface area contributed by atoms with Crippen molar-refractivity contribution < 1.29 is 53.4 Å². The quantitative estimate of drug-likeness (QED) is 0.201. The minimum Gasteiger partial charge on any atom is -0.456 e. The van der Waals surface area contributed by atoms with Crippen LogP contribution in [0, 0.1) is 23.7 Å². The first-order valence-corrected chi connectivity index (χ1v) is 20.0. The molecule has 0 aromatic heterocycles. The van der Waals surface area contributed by atoms with Crippen molar-refractivity contribution in [1.82, 2.24) is 4.90 Å². The van der Waals surface area contributed by atoms with Crippen LogP contribution in [0.3, 0.4) is 0 Å². The van der Waals surface area contributed by atoms with Gasteiger partial charge in [-0.15, -0.1) is 0 Å². The molecule has 0 unspecified atom stereocenters. The number of methoxy groups -OCH3 is 2. The molecule has 12 nitrogen and oxygen atoms in total. The first-order chi connectivity index (χ1) is 25.5. The lowest BCUT2D eigenvalue weighted by atomic mass is 9.82. The molecule has 0 radical (unpaired) electrons. The van der Waals surface area contributed by atoms with E-state index in [0.717, 1.165) is 18.4 Å². The van der Waals surface area contributed by atoms with Crippen LogP contribution in [0.25, 0.3) is 0 Å². The maximum absolute atomic E-state index is 14.2. The fourth-order valence-electron chi connectivity index (χ4n) is 8.78. The second kappa shape index (κ2) is 19.4. The third-order valence-electron chi connectivity index (χ3n) is 12.2. The molecule has 0 aromatic carbocycles. The SMILES string of the molecule is CC/C1=C\C(C)=C/[C@H](C)C[C@H](OC)[C@H]2O[C@@](O)(C(=O)C(=O)N3CCCC[C@H]3C(=O)O[C@H](/C(C)=C/[C@H]3CC[C@H](O)CC3)[C@H](C)[C@@H](O)CC1=O)[C@H](C)C[C@@H]2OC. The number of ether oxygens (including phenoxy) is 4. The van der Waals surface area contributed by atoms with Crippen molar-refractivity contribution in [3.8, 4) is 0 Å². The number of hydrogen-bond acceptors (Lipinski definition) is 11. The summed E-state index contributed by atoms with van der Waals surface area (Å²) in [6.45, 7) is 11.1. The molecule has 2 saturated heterocycles. The molecule has 3 aliphatic heterocycles. The predicted molar refractivity (Wildman–Crippen MR) is 202 cm³/mol. The number of fused-ring (bicyclic) bond motifs is 3. The number of Topliss-reactive ketones (excluding diaryl/α,β-unsaturated/α-hetero) is 2. The molecule has 0 aromatic rings.